The van der Waals surface area contributed by atoms with Crippen LogP contribution in [0.1, 0.15) is 6.92 Å². The molecule has 0 amide bonds. The molecule has 2 unspecified atom stereocenters. The Hall–Kier alpha value is 1.77. The quantitative estimate of drug-likeness (QED) is 0.193. The second kappa shape index (κ2) is 13.4. The van der Waals surface area contributed by atoms with Crippen LogP contribution in [-0.2, 0) is 29.5 Å². The summed E-state index contributed by atoms with van der Waals surface area (Å²) in [6, 6.07) is 0. The van der Waals surface area contributed by atoms with Crippen molar-refractivity contribution < 1.29 is 42.5 Å². The number of carboxylic acids is 1. The maximum atomic E-state index is 10.9. The van der Waals surface area contributed by atoms with Crippen molar-refractivity contribution >= 4 is 111 Å². The van der Waals surface area contributed by atoms with Gasteiger partial charge in [-0.3, -0.25) is 14.2 Å². The van der Waals surface area contributed by atoms with Crippen LogP contribution in [0.25, 0.3) is 0 Å². The van der Waals surface area contributed by atoms with Crippen molar-refractivity contribution in [1.29, 1.82) is 0 Å². The molecule has 19 heavy (non-hydrogen) atoms. The average Bonchev–Trinajstić information content (AvgIpc) is 2.10. The van der Waals surface area contributed by atoms with E-state index in [4.69, 9.17) is 14.8 Å². The van der Waals surface area contributed by atoms with E-state index in [0.29, 0.717) is 0 Å². The molecule has 0 spiro atoms. The predicted molar refractivity (Wildman–Crippen MR) is 68.1 cm³/mol. The number of hydrogen-bond donors (Lipinski definition) is 3. The Bertz CT molecular complexity index is 370. The summed E-state index contributed by atoms with van der Waals surface area (Å²) in [4.78, 5) is 29.2. The van der Waals surface area contributed by atoms with Gasteiger partial charge in [0.15, 0.2) is 6.10 Å². The van der Waals surface area contributed by atoms with Gasteiger partial charge in [0.1, 0.15) is 0 Å². The standard InChI is InChI=1S/C6H10O9S.3Na.3H/c1-2-14-15-6(10)3(7)4(5(8)9)16(11,12)13;;;;;;/h3-4,7H,2H2,1H3,(H,8,9)(H,11,12,13);;;;;;. The molecule has 0 fully saturated rings. The van der Waals surface area contributed by atoms with Crippen LogP contribution in [0, 0.1) is 0 Å². The van der Waals surface area contributed by atoms with E-state index in [9.17, 15) is 18.0 Å². The third kappa shape index (κ3) is 11.0. The number of aliphatic hydroxyl groups excluding tert-OH is 1. The molecular weight excluding hydrogens is 317 g/mol. The van der Waals surface area contributed by atoms with Gasteiger partial charge >= 0.3 is 101 Å². The van der Waals surface area contributed by atoms with Crippen molar-refractivity contribution in [3.05, 3.63) is 0 Å². The Morgan fingerprint density at radius 1 is 1.21 bits per heavy atom. The minimum absolute atomic E-state index is 0. The van der Waals surface area contributed by atoms with E-state index in [1.165, 1.54) is 6.92 Å². The van der Waals surface area contributed by atoms with Crippen molar-refractivity contribution in [3.63, 3.8) is 0 Å². The Balaban J connectivity index is -0.000000375. The van der Waals surface area contributed by atoms with E-state index < -0.39 is 33.4 Å². The summed E-state index contributed by atoms with van der Waals surface area (Å²) >= 11 is 0. The zero-order chi connectivity index (χ0) is 12.9. The number of aliphatic carboxylic acids is 1. The van der Waals surface area contributed by atoms with Gasteiger partial charge in [-0.25, -0.2) is 4.79 Å². The van der Waals surface area contributed by atoms with Crippen molar-refractivity contribution in [2.45, 2.75) is 18.3 Å². The molecule has 0 saturated carbocycles. The molecule has 0 saturated heterocycles. The van der Waals surface area contributed by atoms with E-state index in [2.05, 4.69) is 9.78 Å². The van der Waals surface area contributed by atoms with Crippen LogP contribution in [0.5, 0.6) is 0 Å². The first-order chi connectivity index (χ1) is 7.21. The van der Waals surface area contributed by atoms with Crippen LogP contribution in [0.3, 0.4) is 0 Å². The number of carbonyl (C=O) groups is 2. The summed E-state index contributed by atoms with van der Waals surface area (Å²) in [5, 5.41) is 14.7. The fraction of sp³-hybridized carbons (Fsp3) is 0.667. The normalized spacial score (nSPS) is 12.8. The molecule has 0 radical (unpaired) electrons. The fourth-order valence-corrected chi connectivity index (χ4v) is 1.41. The van der Waals surface area contributed by atoms with Crippen LogP contribution in [0.15, 0.2) is 0 Å². The molecule has 0 heterocycles. The molecule has 0 aliphatic carbocycles. The van der Waals surface area contributed by atoms with Gasteiger partial charge in [-0.1, -0.05) is 0 Å². The van der Waals surface area contributed by atoms with E-state index in [-0.39, 0.29) is 95.3 Å². The molecule has 100 valence electrons. The number of aliphatic hydroxyl groups is 1. The van der Waals surface area contributed by atoms with Gasteiger partial charge in [0.25, 0.3) is 10.1 Å². The third-order valence-electron chi connectivity index (χ3n) is 1.35. The summed E-state index contributed by atoms with van der Waals surface area (Å²) in [6.07, 6.45) is -2.58. The molecule has 13 heteroatoms. The first-order valence-electron chi connectivity index (χ1n) is 3.92. The molecule has 0 rings (SSSR count). The van der Waals surface area contributed by atoms with Crippen LogP contribution >= 0.6 is 0 Å². The van der Waals surface area contributed by atoms with Gasteiger partial charge in [0.05, 0.1) is 6.61 Å². The van der Waals surface area contributed by atoms with Gasteiger partial charge in [0.2, 0.25) is 5.25 Å². The summed E-state index contributed by atoms with van der Waals surface area (Å²) in [5.41, 5.74) is 0. The van der Waals surface area contributed by atoms with Gasteiger partial charge in [-0.05, 0) is 6.92 Å². The monoisotopic (exact) mass is 330 g/mol. The second-order valence-electron chi connectivity index (χ2n) is 2.53. The summed E-state index contributed by atoms with van der Waals surface area (Å²) < 4.78 is 29.6. The second-order valence-corrected chi connectivity index (χ2v) is 4.07. The van der Waals surface area contributed by atoms with Crippen molar-refractivity contribution in [2.24, 2.45) is 0 Å². The molecule has 0 aromatic heterocycles. The van der Waals surface area contributed by atoms with Gasteiger partial charge in [-0.2, -0.15) is 13.3 Å². The zero-order valence-electron chi connectivity index (χ0n) is 8.06. The Kier molecular flexibility index (Phi) is 20.4. The molecule has 9 nitrogen and oxygen atoms in total. The topological polar surface area (TPSA) is 147 Å². The molecule has 3 N–H and O–H groups in total. The fourth-order valence-electron chi connectivity index (χ4n) is 0.715. The first-order valence-corrected chi connectivity index (χ1v) is 5.42. The molecule has 2 atom stereocenters. The molecule has 0 aliphatic rings. The van der Waals surface area contributed by atoms with Gasteiger partial charge in [0, 0.05) is 0 Å². The number of hydrogen-bond acceptors (Lipinski definition) is 7. The van der Waals surface area contributed by atoms with Gasteiger partial charge in [-0.15, -0.1) is 0 Å². The van der Waals surface area contributed by atoms with Gasteiger partial charge < -0.3 is 10.2 Å². The number of rotatable bonds is 6. The molecular formula is C6H13Na3O9S. The van der Waals surface area contributed by atoms with Crippen molar-refractivity contribution in [2.75, 3.05) is 6.61 Å². The van der Waals surface area contributed by atoms with Crippen molar-refractivity contribution in [3.8, 4) is 0 Å². The first kappa shape index (κ1) is 28.9. The Labute approximate surface area is 176 Å². The molecule has 0 bridgehead atoms. The third-order valence-corrected chi connectivity index (χ3v) is 2.45. The van der Waals surface area contributed by atoms with E-state index in [0.717, 1.165) is 0 Å². The number of carboxylic acid groups (broad SMARTS) is 1. The SMILES string of the molecule is CCOOC(=O)C(O)C(C(=O)O)S(=O)(=O)O.[NaH].[NaH].[NaH]. The van der Waals surface area contributed by atoms with Crippen molar-refractivity contribution in [1.82, 2.24) is 0 Å². The summed E-state index contributed by atoms with van der Waals surface area (Å²) in [7, 11) is -5.14. The summed E-state index contributed by atoms with van der Waals surface area (Å²) in [5.74, 6) is -3.73. The molecule has 0 aromatic rings. The molecule has 0 aromatic carbocycles. The minimum atomic E-state index is -5.14. The zero-order valence-corrected chi connectivity index (χ0v) is 8.88. The van der Waals surface area contributed by atoms with Crippen LogP contribution < -0.4 is 0 Å². The Morgan fingerprint density at radius 3 is 1.89 bits per heavy atom. The van der Waals surface area contributed by atoms with E-state index in [1.807, 2.05) is 0 Å². The average molecular weight is 330 g/mol. The maximum absolute atomic E-state index is 10.9. The Morgan fingerprint density at radius 2 is 1.63 bits per heavy atom. The predicted octanol–water partition coefficient (Wildman–Crippen LogP) is -3.76. The van der Waals surface area contributed by atoms with Crippen LogP contribution in [0.4, 0.5) is 0 Å². The molecule has 0 aliphatic heterocycles. The van der Waals surface area contributed by atoms with Crippen LogP contribution in [0.2, 0.25) is 0 Å². The van der Waals surface area contributed by atoms with E-state index >= 15 is 0 Å². The number of carbonyl (C=O) groups excluding carboxylic acids is 1. The summed E-state index contributed by atoms with van der Waals surface area (Å²) in [6.45, 7) is 1.35. The van der Waals surface area contributed by atoms with Crippen LogP contribution in [-0.4, -0.2) is 142 Å². The van der Waals surface area contributed by atoms with E-state index in [1.54, 1.807) is 0 Å².